The zero-order valence-corrected chi connectivity index (χ0v) is 17.1. The van der Waals surface area contributed by atoms with E-state index >= 15 is 0 Å². The van der Waals surface area contributed by atoms with Crippen LogP contribution in [0.4, 0.5) is 5.69 Å². The summed E-state index contributed by atoms with van der Waals surface area (Å²) < 4.78 is 0.787. The van der Waals surface area contributed by atoms with Crippen molar-refractivity contribution in [3.8, 4) is 0 Å². The summed E-state index contributed by atoms with van der Waals surface area (Å²) in [6.07, 6.45) is 0. The molecule has 0 aliphatic rings. The van der Waals surface area contributed by atoms with Crippen LogP contribution in [0, 0.1) is 3.57 Å². The zero-order chi connectivity index (χ0) is 18.4. The summed E-state index contributed by atoms with van der Waals surface area (Å²) in [6, 6.07) is 12.0. The Morgan fingerprint density at radius 2 is 1.88 bits per heavy atom. The summed E-state index contributed by atoms with van der Waals surface area (Å²) >= 11 is 14.2. The van der Waals surface area contributed by atoms with Crippen LogP contribution in [0.3, 0.4) is 0 Å². The second kappa shape index (κ2) is 9.37. The minimum absolute atomic E-state index is 0.0467. The van der Waals surface area contributed by atoms with E-state index < -0.39 is 5.97 Å². The van der Waals surface area contributed by atoms with Crippen molar-refractivity contribution in [3.05, 3.63) is 56.6 Å². The third-order valence-electron chi connectivity index (χ3n) is 2.90. The molecule has 0 saturated heterocycles. The Labute approximate surface area is 172 Å². The van der Waals surface area contributed by atoms with Gasteiger partial charge in [0.15, 0.2) is 5.11 Å². The van der Waals surface area contributed by atoms with Gasteiger partial charge in [0.2, 0.25) is 5.91 Å². The van der Waals surface area contributed by atoms with Crippen LogP contribution in [0.5, 0.6) is 0 Å². The molecule has 3 N–H and O–H groups in total. The Balaban J connectivity index is 1.90. The Bertz CT molecular complexity index is 816. The number of amides is 1. The number of carboxylic acids is 1. The maximum absolute atomic E-state index is 12.0. The number of benzene rings is 2. The van der Waals surface area contributed by atoms with Gasteiger partial charge in [0.1, 0.15) is 0 Å². The van der Waals surface area contributed by atoms with Gasteiger partial charge in [-0.05, 0) is 77.3 Å². The van der Waals surface area contributed by atoms with E-state index in [-0.39, 0.29) is 22.3 Å². The number of carbonyl (C=O) groups is 2. The third-order valence-corrected chi connectivity index (χ3v) is 5.04. The first-order valence-corrected chi connectivity index (χ1v) is 9.72. The summed E-state index contributed by atoms with van der Waals surface area (Å²) in [5.41, 5.74) is 0.405. The van der Waals surface area contributed by atoms with Crippen LogP contribution < -0.4 is 10.6 Å². The molecule has 25 heavy (non-hydrogen) atoms. The number of rotatable bonds is 5. The summed E-state index contributed by atoms with van der Waals surface area (Å²) in [5, 5.41) is 15.2. The molecule has 0 heterocycles. The molecule has 5 nitrogen and oxygen atoms in total. The van der Waals surface area contributed by atoms with E-state index in [0.29, 0.717) is 10.7 Å². The molecule has 0 aliphatic heterocycles. The van der Waals surface area contributed by atoms with E-state index in [1.807, 2.05) is 34.7 Å². The molecule has 0 spiro atoms. The molecule has 0 unspecified atom stereocenters. The van der Waals surface area contributed by atoms with E-state index in [1.54, 1.807) is 24.3 Å². The summed E-state index contributed by atoms with van der Waals surface area (Å²) in [5.74, 6) is -1.20. The molecular formula is C16H12ClIN2O3S2. The first-order chi connectivity index (χ1) is 11.8. The number of carbonyl (C=O) groups excluding carboxylic acids is 1. The lowest BCUT2D eigenvalue weighted by molar-refractivity contribution is -0.117. The van der Waals surface area contributed by atoms with E-state index in [4.69, 9.17) is 23.8 Å². The van der Waals surface area contributed by atoms with Gasteiger partial charge >= 0.3 is 5.97 Å². The van der Waals surface area contributed by atoms with Gasteiger partial charge in [-0.25, -0.2) is 4.79 Å². The van der Waals surface area contributed by atoms with Crippen molar-refractivity contribution in [1.82, 2.24) is 5.32 Å². The van der Waals surface area contributed by atoms with Gasteiger partial charge in [0.25, 0.3) is 0 Å². The average molecular weight is 507 g/mol. The van der Waals surface area contributed by atoms with Gasteiger partial charge < -0.3 is 15.7 Å². The monoisotopic (exact) mass is 506 g/mol. The number of anilines is 1. The van der Waals surface area contributed by atoms with Gasteiger partial charge in [-0.15, -0.1) is 11.8 Å². The molecule has 130 valence electrons. The van der Waals surface area contributed by atoms with E-state index in [2.05, 4.69) is 10.6 Å². The summed E-state index contributed by atoms with van der Waals surface area (Å²) in [4.78, 5) is 24.1. The van der Waals surface area contributed by atoms with Crippen molar-refractivity contribution >= 4 is 80.8 Å². The molecule has 0 fully saturated rings. The summed E-state index contributed by atoms with van der Waals surface area (Å²) in [7, 11) is 0. The predicted molar refractivity (Wildman–Crippen MR) is 113 cm³/mol. The smallest absolute Gasteiger partial charge is 0.337 e. The van der Waals surface area contributed by atoms with Crippen LogP contribution in [0.2, 0.25) is 5.02 Å². The fourth-order valence-corrected chi connectivity index (χ4v) is 3.34. The van der Waals surface area contributed by atoms with Crippen LogP contribution >= 0.6 is 58.2 Å². The maximum atomic E-state index is 12.0. The SMILES string of the molecule is O=C(CSc1ccc(Cl)cc1)NC(=S)Nc1ccc(I)cc1C(=O)O. The number of halogens is 2. The van der Waals surface area contributed by atoms with E-state index in [1.165, 1.54) is 17.8 Å². The molecule has 0 bridgehead atoms. The molecule has 2 aromatic carbocycles. The fraction of sp³-hybridized carbons (Fsp3) is 0.0625. The standard InChI is InChI=1S/C16H12ClIN2O3S2/c17-9-1-4-11(5-2-9)25-8-14(21)20-16(24)19-13-6-3-10(18)7-12(13)15(22)23/h1-7H,8H2,(H,22,23)(H2,19,20,21,24). The van der Waals surface area contributed by atoms with Crippen molar-refractivity contribution < 1.29 is 14.7 Å². The topological polar surface area (TPSA) is 78.4 Å². The normalized spacial score (nSPS) is 10.2. The Morgan fingerprint density at radius 3 is 2.52 bits per heavy atom. The second-order valence-electron chi connectivity index (χ2n) is 4.74. The van der Waals surface area contributed by atoms with Crippen LogP contribution in [-0.4, -0.2) is 27.8 Å². The van der Waals surface area contributed by atoms with Gasteiger partial charge in [0.05, 0.1) is 17.0 Å². The number of thiocarbonyl (C=S) groups is 1. The molecule has 0 aromatic heterocycles. The average Bonchev–Trinajstić information content (AvgIpc) is 2.55. The molecule has 0 radical (unpaired) electrons. The van der Waals surface area contributed by atoms with Gasteiger partial charge in [-0.3, -0.25) is 4.79 Å². The largest absolute Gasteiger partial charge is 0.478 e. The maximum Gasteiger partial charge on any atom is 0.337 e. The van der Waals surface area contributed by atoms with Crippen molar-refractivity contribution in [2.24, 2.45) is 0 Å². The Morgan fingerprint density at radius 1 is 1.20 bits per heavy atom. The van der Waals surface area contributed by atoms with E-state index in [9.17, 15) is 14.7 Å². The number of hydrogen-bond donors (Lipinski definition) is 3. The number of thioether (sulfide) groups is 1. The minimum Gasteiger partial charge on any atom is -0.478 e. The predicted octanol–water partition coefficient (Wildman–Crippen LogP) is 4.25. The minimum atomic E-state index is -1.08. The lowest BCUT2D eigenvalue weighted by atomic mass is 10.2. The highest BCUT2D eigenvalue weighted by atomic mass is 127. The van der Waals surface area contributed by atoms with Crippen molar-refractivity contribution in [1.29, 1.82) is 0 Å². The van der Waals surface area contributed by atoms with Crippen molar-refractivity contribution in [3.63, 3.8) is 0 Å². The highest BCUT2D eigenvalue weighted by Crippen LogP contribution is 2.20. The van der Waals surface area contributed by atoms with E-state index in [0.717, 1.165) is 8.47 Å². The molecule has 1 amide bonds. The highest BCUT2D eigenvalue weighted by molar-refractivity contribution is 14.1. The first kappa shape index (κ1) is 20.0. The van der Waals surface area contributed by atoms with Gasteiger partial charge in [0, 0.05) is 13.5 Å². The molecule has 0 saturated carbocycles. The third kappa shape index (κ3) is 6.46. The Hall–Kier alpha value is -1.36. The Kier molecular flexibility index (Phi) is 7.48. The molecule has 9 heteroatoms. The fourth-order valence-electron chi connectivity index (χ4n) is 1.80. The van der Waals surface area contributed by atoms with Crippen LogP contribution in [-0.2, 0) is 4.79 Å². The number of hydrogen-bond acceptors (Lipinski definition) is 4. The van der Waals surface area contributed by atoms with Crippen LogP contribution in [0.25, 0.3) is 0 Å². The quantitative estimate of drug-likeness (QED) is 0.320. The first-order valence-electron chi connectivity index (χ1n) is 6.87. The molecule has 0 atom stereocenters. The molecule has 2 rings (SSSR count). The van der Waals surface area contributed by atoms with Gasteiger partial charge in [-0.1, -0.05) is 11.6 Å². The van der Waals surface area contributed by atoms with Crippen molar-refractivity contribution in [2.75, 3.05) is 11.1 Å². The van der Waals surface area contributed by atoms with Crippen molar-refractivity contribution in [2.45, 2.75) is 4.90 Å². The molecule has 2 aromatic rings. The lowest BCUT2D eigenvalue weighted by Gasteiger charge is -2.12. The highest BCUT2D eigenvalue weighted by Gasteiger charge is 2.13. The van der Waals surface area contributed by atoms with Crippen LogP contribution in [0.1, 0.15) is 10.4 Å². The second-order valence-corrected chi connectivity index (χ2v) is 7.88. The lowest BCUT2D eigenvalue weighted by Crippen LogP contribution is -2.35. The summed E-state index contributed by atoms with van der Waals surface area (Å²) in [6.45, 7) is 0. The molecule has 0 aliphatic carbocycles. The number of aromatic carboxylic acids is 1. The molecular weight excluding hydrogens is 495 g/mol. The van der Waals surface area contributed by atoms with Crippen LogP contribution in [0.15, 0.2) is 47.4 Å². The number of carboxylic acid groups (broad SMARTS) is 1. The zero-order valence-electron chi connectivity index (χ0n) is 12.6. The number of nitrogens with one attached hydrogen (secondary N) is 2. The van der Waals surface area contributed by atoms with Gasteiger partial charge in [-0.2, -0.15) is 0 Å².